The van der Waals surface area contributed by atoms with E-state index in [2.05, 4.69) is 104 Å². The minimum absolute atomic E-state index is 0.454. The lowest BCUT2D eigenvalue weighted by Gasteiger charge is -2.32. The summed E-state index contributed by atoms with van der Waals surface area (Å²) in [5, 5.41) is 3.30. The maximum absolute atomic E-state index is 3.66. The second-order valence-electron chi connectivity index (χ2n) is 8.88. The Hall–Kier alpha value is -1.90. The van der Waals surface area contributed by atoms with Crippen molar-refractivity contribution in [1.29, 1.82) is 0 Å². The summed E-state index contributed by atoms with van der Waals surface area (Å²) in [6.07, 6.45) is 8.52. The molecular weight excluding hydrogens is 420 g/mol. The molecule has 5 rings (SSSR count). The fourth-order valence-electron chi connectivity index (χ4n) is 5.31. The lowest BCUT2D eigenvalue weighted by atomic mass is 9.81. The van der Waals surface area contributed by atoms with Gasteiger partial charge in [-0.25, -0.2) is 0 Å². The average molecular weight is 445 g/mol. The molecule has 140 valence electrons. The summed E-state index contributed by atoms with van der Waals surface area (Å²) < 4.78 is 1.16. The summed E-state index contributed by atoms with van der Waals surface area (Å²) in [6.45, 7) is 9.78. The van der Waals surface area contributed by atoms with E-state index in [1.807, 2.05) is 0 Å². The van der Waals surface area contributed by atoms with E-state index < -0.39 is 8.07 Å². The molecule has 0 aromatic heterocycles. The first-order valence-corrected chi connectivity index (χ1v) is 13.9. The molecule has 2 heteroatoms. The van der Waals surface area contributed by atoms with E-state index in [1.54, 1.807) is 10.4 Å². The first-order chi connectivity index (χ1) is 13.4. The van der Waals surface area contributed by atoms with E-state index >= 15 is 0 Å². The molecule has 0 heterocycles. The van der Waals surface area contributed by atoms with Gasteiger partial charge in [-0.2, -0.15) is 0 Å². The predicted molar refractivity (Wildman–Crippen MR) is 127 cm³/mol. The fourth-order valence-corrected chi connectivity index (χ4v) is 9.11. The highest BCUT2D eigenvalue weighted by Gasteiger charge is 2.40. The SMILES string of the molecule is CC1=C([Si](C)(C)C2=Cc3ccccc3C2)C2=Cc3cc(Br)ccc3C(C)C2=C1. The molecule has 2 aromatic carbocycles. The highest BCUT2D eigenvalue weighted by molar-refractivity contribution is 9.10. The van der Waals surface area contributed by atoms with Crippen LogP contribution in [0.1, 0.15) is 42.0 Å². The van der Waals surface area contributed by atoms with E-state index in [1.165, 1.54) is 39.0 Å². The predicted octanol–water partition coefficient (Wildman–Crippen LogP) is 7.63. The van der Waals surface area contributed by atoms with Crippen LogP contribution < -0.4 is 0 Å². The van der Waals surface area contributed by atoms with Crippen LogP contribution in [0.5, 0.6) is 0 Å². The van der Waals surface area contributed by atoms with Gasteiger partial charge in [0, 0.05) is 10.4 Å². The highest BCUT2D eigenvalue weighted by Crippen LogP contribution is 2.50. The Morgan fingerprint density at radius 3 is 2.54 bits per heavy atom. The fraction of sp³-hybridized carbons (Fsp3) is 0.231. The molecule has 0 amide bonds. The summed E-state index contributed by atoms with van der Waals surface area (Å²) in [5.41, 5.74) is 10.2. The second kappa shape index (κ2) is 6.30. The van der Waals surface area contributed by atoms with Crippen LogP contribution in [0.15, 0.2) is 80.1 Å². The number of hydrogen-bond donors (Lipinski definition) is 0. The smallest absolute Gasteiger partial charge is 0.0711 e. The zero-order valence-electron chi connectivity index (χ0n) is 16.9. The van der Waals surface area contributed by atoms with Crippen molar-refractivity contribution >= 4 is 36.2 Å². The molecule has 0 bridgehead atoms. The van der Waals surface area contributed by atoms with Gasteiger partial charge >= 0.3 is 0 Å². The van der Waals surface area contributed by atoms with E-state index in [0.717, 1.165) is 10.9 Å². The van der Waals surface area contributed by atoms with Gasteiger partial charge in [0.25, 0.3) is 0 Å². The standard InChI is InChI=1S/C26H25BrSi/c1-16-11-24-17(2)23-10-9-21(27)12-20(23)15-25(24)26(16)28(3,4)22-13-18-7-5-6-8-19(18)14-22/h5-13,15,17H,14H2,1-4H3. The largest absolute Gasteiger partial charge is 0.109 e. The number of allylic oxidation sites excluding steroid dienone is 6. The molecule has 1 unspecified atom stereocenters. The van der Waals surface area contributed by atoms with Crippen LogP contribution >= 0.6 is 15.9 Å². The maximum atomic E-state index is 3.66. The number of rotatable bonds is 2. The highest BCUT2D eigenvalue weighted by atomic mass is 79.9. The number of fused-ring (bicyclic) bond motifs is 3. The number of benzene rings is 2. The van der Waals surface area contributed by atoms with Gasteiger partial charge in [-0.05, 0) is 70.1 Å². The van der Waals surface area contributed by atoms with Crippen LogP contribution in [-0.2, 0) is 6.42 Å². The van der Waals surface area contributed by atoms with Crippen molar-refractivity contribution in [2.75, 3.05) is 0 Å². The third kappa shape index (κ3) is 2.62. The van der Waals surface area contributed by atoms with Crippen molar-refractivity contribution in [3.05, 3.63) is 102 Å². The summed E-state index contributed by atoms with van der Waals surface area (Å²) in [5.74, 6) is 0.454. The van der Waals surface area contributed by atoms with Crippen molar-refractivity contribution < 1.29 is 0 Å². The van der Waals surface area contributed by atoms with Crippen LogP contribution in [-0.4, -0.2) is 8.07 Å². The molecule has 3 aliphatic carbocycles. The van der Waals surface area contributed by atoms with E-state index in [4.69, 9.17) is 0 Å². The Balaban J connectivity index is 1.61. The molecule has 0 saturated heterocycles. The summed E-state index contributed by atoms with van der Waals surface area (Å²) >= 11 is 3.66. The molecule has 28 heavy (non-hydrogen) atoms. The zero-order chi connectivity index (χ0) is 19.6. The van der Waals surface area contributed by atoms with Crippen LogP contribution in [0, 0.1) is 0 Å². The Morgan fingerprint density at radius 2 is 1.75 bits per heavy atom. The van der Waals surface area contributed by atoms with Gasteiger partial charge < -0.3 is 0 Å². The minimum atomic E-state index is -1.76. The molecule has 0 spiro atoms. The molecule has 0 saturated carbocycles. The summed E-state index contributed by atoms with van der Waals surface area (Å²) in [4.78, 5) is 0. The Morgan fingerprint density at radius 1 is 0.964 bits per heavy atom. The molecule has 3 aliphatic rings. The second-order valence-corrected chi connectivity index (χ2v) is 14.2. The molecule has 2 aromatic rings. The van der Waals surface area contributed by atoms with Gasteiger partial charge in [-0.15, -0.1) is 0 Å². The maximum Gasteiger partial charge on any atom is 0.109 e. The quantitative estimate of drug-likeness (QED) is 0.417. The molecule has 0 aliphatic heterocycles. The van der Waals surface area contributed by atoms with E-state index in [0.29, 0.717) is 5.92 Å². The third-order valence-corrected chi connectivity index (χ3v) is 11.2. The van der Waals surface area contributed by atoms with Crippen molar-refractivity contribution in [3.63, 3.8) is 0 Å². The first-order valence-electron chi connectivity index (χ1n) is 10.1. The Labute approximate surface area is 177 Å². The van der Waals surface area contributed by atoms with Crippen molar-refractivity contribution in [3.8, 4) is 0 Å². The summed E-state index contributed by atoms with van der Waals surface area (Å²) in [7, 11) is -1.76. The first kappa shape index (κ1) is 18.1. The van der Waals surface area contributed by atoms with Gasteiger partial charge in [0.1, 0.15) is 8.07 Å². The number of hydrogen-bond acceptors (Lipinski definition) is 0. The van der Waals surface area contributed by atoms with Gasteiger partial charge in [0.05, 0.1) is 0 Å². The lowest BCUT2D eigenvalue weighted by molar-refractivity contribution is 0.900. The van der Waals surface area contributed by atoms with Gasteiger partial charge in [-0.3, -0.25) is 0 Å². The van der Waals surface area contributed by atoms with Crippen LogP contribution in [0.4, 0.5) is 0 Å². The van der Waals surface area contributed by atoms with Crippen LogP contribution in [0.2, 0.25) is 13.1 Å². The van der Waals surface area contributed by atoms with Crippen molar-refractivity contribution in [1.82, 2.24) is 0 Å². The Kier molecular flexibility index (Phi) is 4.08. The van der Waals surface area contributed by atoms with Gasteiger partial charge in [0.2, 0.25) is 0 Å². The zero-order valence-corrected chi connectivity index (χ0v) is 19.5. The van der Waals surface area contributed by atoms with Gasteiger partial charge in [0.15, 0.2) is 0 Å². The number of halogens is 1. The van der Waals surface area contributed by atoms with Crippen molar-refractivity contribution in [2.45, 2.75) is 39.3 Å². The van der Waals surface area contributed by atoms with Crippen LogP contribution in [0.3, 0.4) is 0 Å². The molecule has 0 nitrogen and oxygen atoms in total. The Bertz CT molecular complexity index is 1140. The molecular formula is C26H25BrSi. The monoisotopic (exact) mass is 444 g/mol. The van der Waals surface area contributed by atoms with E-state index in [-0.39, 0.29) is 0 Å². The molecule has 0 N–H and O–H groups in total. The summed E-state index contributed by atoms with van der Waals surface area (Å²) in [6, 6.07) is 15.6. The van der Waals surface area contributed by atoms with Gasteiger partial charge in [-0.1, -0.05) is 89.2 Å². The topological polar surface area (TPSA) is 0 Å². The molecule has 0 radical (unpaired) electrons. The normalized spacial score (nSPS) is 20.3. The minimum Gasteiger partial charge on any atom is -0.0711 e. The third-order valence-electron chi connectivity index (χ3n) is 6.82. The lowest BCUT2D eigenvalue weighted by Crippen LogP contribution is -2.34. The molecule has 0 fully saturated rings. The molecule has 1 atom stereocenters. The van der Waals surface area contributed by atoms with Crippen molar-refractivity contribution in [2.24, 2.45) is 0 Å². The van der Waals surface area contributed by atoms with Crippen LogP contribution in [0.25, 0.3) is 12.2 Å². The van der Waals surface area contributed by atoms with E-state index in [9.17, 15) is 0 Å². The average Bonchev–Trinajstić information content (AvgIpc) is 3.23.